The molecule has 1 atom stereocenters. The van der Waals surface area contributed by atoms with Gasteiger partial charge < -0.3 is 5.11 Å². The molecule has 0 heterocycles. The van der Waals surface area contributed by atoms with Gasteiger partial charge in [0.15, 0.2) is 0 Å². The zero-order valence-corrected chi connectivity index (χ0v) is 5.00. The Bertz CT molecular complexity index is 122. The summed E-state index contributed by atoms with van der Waals surface area (Å²) in [4.78, 5) is 10.5. The summed E-state index contributed by atoms with van der Waals surface area (Å²) < 4.78 is 0. The Morgan fingerprint density at radius 1 is 1.78 bits per heavy atom. The summed E-state index contributed by atoms with van der Waals surface area (Å²) in [6.07, 6.45) is 0.999. The van der Waals surface area contributed by atoms with E-state index < -0.39 is 12.0 Å². The van der Waals surface area contributed by atoms with Crippen LogP contribution in [0.15, 0.2) is 0 Å². The van der Waals surface area contributed by atoms with E-state index in [1.54, 1.807) is 0 Å². The summed E-state index contributed by atoms with van der Waals surface area (Å²) in [7, 11) is 0. The fourth-order valence-corrected chi connectivity index (χ4v) is 0.711. The van der Waals surface area contributed by atoms with Gasteiger partial charge in [-0.15, -0.1) is 0 Å². The number of hydrazine groups is 1. The molecular weight excluding hydrogens is 120 g/mol. The van der Waals surface area contributed by atoms with Gasteiger partial charge in [-0.2, -0.15) is 0 Å². The zero-order chi connectivity index (χ0) is 6.85. The first-order valence-corrected chi connectivity index (χ1v) is 2.94. The lowest BCUT2D eigenvalue weighted by Gasteiger charge is -2.04. The van der Waals surface area contributed by atoms with Crippen molar-refractivity contribution < 1.29 is 9.90 Å². The average Bonchev–Trinajstić information content (AvgIpc) is 2.66. The van der Waals surface area contributed by atoms with Gasteiger partial charge in [0.25, 0.3) is 5.91 Å². The van der Waals surface area contributed by atoms with Crippen molar-refractivity contribution in [3.63, 3.8) is 0 Å². The van der Waals surface area contributed by atoms with Crippen LogP contribution in [0.4, 0.5) is 0 Å². The molecule has 1 unspecified atom stereocenters. The fraction of sp³-hybridized carbons (Fsp3) is 0.800. The number of carbonyl (C=O) groups excluding carboxylic acids is 1. The lowest BCUT2D eigenvalue weighted by Crippen LogP contribution is -2.40. The van der Waals surface area contributed by atoms with Crippen molar-refractivity contribution in [2.45, 2.75) is 18.9 Å². The Labute approximate surface area is 53.0 Å². The minimum absolute atomic E-state index is 0.161. The molecule has 1 fully saturated rings. The predicted molar refractivity (Wildman–Crippen MR) is 31.1 cm³/mol. The van der Waals surface area contributed by atoms with Gasteiger partial charge in [0.1, 0.15) is 6.10 Å². The fourth-order valence-electron chi connectivity index (χ4n) is 0.711. The van der Waals surface area contributed by atoms with Crippen LogP contribution in [0.2, 0.25) is 0 Å². The molecule has 1 amide bonds. The van der Waals surface area contributed by atoms with Crippen LogP contribution in [0.3, 0.4) is 0 Å². The lowest BCUT2D eigenvalue weighted by atomic mass is 10.2. The highest BCUT2D eigenvalue weighted by atomic mass is 16.3. The summed E-state index contributed by atoms with van der Waals surface area (Å²) in [6, 6.07) is 0. The largest absolute Gasteiger partial charge is 0.383 e. The Morgan fingerprint density at radius 3 is 2.67 bits per heavy atom. The predicted octanol–water partition coefficient (Wildman–Crippen LogP) is -1.25. The molecule has 0 bridgehead atoms. The molecule has 0 aromatic rings. The Hall–Kier alpha value is -0.610. The van der Waals surface area contributed by atoms with Crippen LogP contribution in [0, 0.1) is 5.92 Å². The summed E-state index contributed by atoms with van der Waals surface area (Å²) in [6.45, 7) is 0. The number of carbonyl (C=O) groups is 1. The Balaban J connectivity index is 2.30. The van der Waals surface area contributed by atoms with Crippen molar-refractivity contribution in [1.82, 2.24) is 5.43 Å². The van der Waals surface area contributed by atoms with Crippen LogP contribution in [-0.2, 0) is 4.79 Å². The molecule has 4 N–H and O–H groups in total. The number of rotatable bonds is 2. The highest BCUT2D eigenvalue weighted by molar-refractivity contribution is 5.80. The van der Waals surface area contributed by atoms with Crippen LogP contribution in [-0.4, -0.2) is 17.1 Å². The van der Waals surface area contributed by atoms with Crippen LogP contribution in [0.5, 0.6) is 0 Å². The lowest BCUT2D eigenvalue weighted by molar-refractivity contribution is -0.130. The highest BCUT2D eigenvalue weighted by Crippen LogP contribution is 2.32. The van der Waals surface area contributed by atoms with Gasteiger partial charge in [-0.05, 0) is 18.8 Å². The van der Waals surface area contributed by atoms with Crippen LogP contribution in [0.1, 0.15) is 12.8 Å². The minimum atomic E-state index is -0.880. The van der Waals surface area contributed by atoms with E-state index in [2.05, 4.69) is 0 Å². The third-order valence-corrected chi connectivity index (χ3v) is 1.48. The molecule has 0 spiro atoms. The minimum Gasteiger partial charge on any atom is -0.383 e. The topological polar surface area (TPSA) is 75.3 Å². The van der Waals surface area contributed by atoms with E-state index in [1.807, 2.05) is 5.43 Å². The molecule has 0 radical (unpaired) electrons. The molecule has 0 saturated heterocycles. The number of nitrogens with two attached hydrogens (primary N) is 1. The van der Waals surface area contributed by atoms with Crippen molar-refractivity contribution in [3.05, 3.63) is 0 Å². The summed E-state index contributed by atoms with van der Waals surface area (Å²) in [5.74, 6) is 4.47. The van der Waals surface area contributed by atoms with E-state index >= 15 is 0 Å². The third kappa shape index (κ3) is 1.40. The second-order valence-corrected chi connectivity index (χ2v) is 2.29. The molecular formula is C5H10N2O2. The smallest absolute Gasteiger partial charge is 0.262 e. The van der Waals surface area contributed by atoms with Gasteiger partial charge in [-0.25, -0.2) is 5.84 Å². The van der Waals surface area contributed by atoms with Crippen molar-refractivity contribution >= 4 is 5.91 Å². The van der Waals surface area contributed by atoms with E-state index in [4.69, 9.17) is 10.9 Å². The highest BCUT2D eigenvalue weighted by Gasteiger charge is 2.34. The van der Waals surface area contributed by atoms with E-state index in [0.717, 1.165) is 12.8 Å². The first-order chi connectivity index (χ1) is 4.25. The average molecular weight is 130 g/mol. The van der Waals surface area contributed by atoms with Gasteiger partial charge in [0, 0.05) is 0 Å². The summed E-state index contributed by atoms with van der Waals surface area (Å²) in [5, 5.41) is 8.97. The first-order valence-electron chi connectivity index (χ1n) is 2.94. The molecule has 1 rings (SSSR count). The second kappa shape index (κ2) is 2.33. The van der Waals surface area contributed by atoms with Crippen molar-refractivity contribution in [1.29, 1.82) is 0 Å². The van der Waals surface area contributed by atoms with Gasteiger partial charge >= 0.3 is 0 Å². The zero-order valence-electron chi connectivity index (χ0n) is 5.00. The number of aliphatic hydroxyl groups excluding tert-OH is 1. The van der Waals surface area contributed by atoms with Gasteiger partial charge in [-0.3, -0.25) is 10.2 Å². The normalized spacial score (nSPS) is 21.1. The van der Waals surface area contributed by atoms with Crippen molar-refractivity contribution in [2.24, 2.45) is 11.8 Å². The number of hydrogen-bond donors (Lipinski definition) is 3. The molecule has 52 valence electrons. The SMILES string of the molecule is NNC(=O)C(O)C1CC1. The van der Waals surface area contributed by atoms with E-state index in [9.17, 15) is 4.79 Å². The maximum atomic E-state index is 10.5. The maximum Gasteiger partial charge on any atom is 0.262 e. The molecule has 4 heteroatoms. The van der Waals surface area contributed by atoms with E-state index in [-0.39, 0.29) is 5.92 Å². The van der Waals surface area contributed by atoms with Gasteiger partial charge in [0.05, 0.1) is 0 Å². The number of amides is 1. The monoisotopic (exact) mass is 130 g/mol. The molecule has 0 aromatic carbocycles. The second-order valence-electron chi connectivity index (χ2n) is 2.29. The molecule has 1 saturated carbocycles. The van der Waals surface area contributed by atoms with E-state index in [0.29, 0.717) is 0 Å². The van der Waals surface area contributed by atoms with Crippen LogP contribution >= 0.6 is 0 Å². The first kappa shape index (κ1) is 6.51. The number of nitrogens with one attached hydrogen (secondary N) is 1. The summed E-state index contributed by atoms with van der Waals surface area (Å²) in [5.41, 5.74) is 1.90. The molecule has 0 aliphatic heterocycles. The third-order valence-electron chi connectivity index (χ3n) is 1.48. The van der Waals surface area contributed by atoms with Gasteiger partial charge in [-0.1, -0.05) is 0 Å². The van der Waals surface area contributed by atoms with Crippen LogP contribution in [0.25, 0.3) is 0 Å². The van der Waals surface area contributed by atoms with E-state index in [1.165, 1.54) is 0 Å². The quantitative estimate of drug-likeness (QED) is 0.248. The van der Waals surface area contributed by atoms with Crippen LogP contribution < -0.4 is 11.3 Å². The number of hydrogen-bond acceptors (Lipinski definition) is 3. The number of aliphatic hydroxyl groups is 1. The van der Waals surface area contributed by atoms with Gasteiger partial charge in [0.2, 0.25) is 0 Å². The van der Waals surface area contributed by atoms with Crippen molar-refractivity contribution in [2.75, 3.05) is 0 Å². The maximum absolute atomic E-state index is 10.5. The van der Waals surface area contributed by atoms with Crippen molar-refractivity contribution in [3.8, 4) is 0 Å². The standard InChI is InChI=1S/C5H10N2O2/c6-7-5(9)4(8)3-1-2-3/h3-4,8H,1-2,6H2,(H,7,9). The summed E-state index contributed by atoms with van der Waals surface area (Å²) >= 11 is 0. The molecule has 1 aliphatic rings. The molecule has 4 nitrogen and oxygen atoms in total. The molecule has 9 heavy (non-hydrogen) atoms. The Kier molecular flexibility index (Phi) is 1.68. The molecule has 1 aliphatic carbocycles. The molecule has 0 aromatic heterocycles. The Morgan fingerprint density at radius 2 is 2.33 bits per heavy atom.